The minimum absolute atomic E-state index is 0.308. The second-order valence-electron chi connectivity index (χ2n) is 36.3. The van der Waals surface area contributed by atoms with Crippen LogP contribution in [0.15, 0.2) is 302 Å². The van der Waals surface area contributed by atoms with Crippen molar-refractivity contribution in [2.75, 3.05) is 110 Å². The van der Waals surface area contributed by atoms with Gasteiger partial charge in [-0.25, -0.2) is 41.4 Å². The lowest BCUT2D eigenvalue weighted by atomic mass is 10.0. The molecule has 698 valence electrons. The quantitative estimate of drug-likeness (QED) is 0.0416. The third-order valence-corrected chi connectivity index (χ3v) is 28.4. The number of fused-ring (bicyclic) bond motifs is 5. The smallest absolute Gasteiger partial charge is 0.247 e. The maximum Gasteiger partial charge on any atom is 0.247 e. The number of pyridine rings is 4. The van der Waals surface area contributed by atoms with Crippen LogP contribution in [-0.4, -0.2) is 192 Å². The van der Waals surface area contributed by atoms with E-state index in [2.05, 4.69) is 238 Å². The van der Waals surface area contributed by atoms with Crippen molar-refractivity contribution in [1.29, 1.82) is 0 Å². The van der Waals surface area contributed by atoms with Crippen LogP contribution in [0.2, 0.25) is 0 Å². The van der Waals surface area contributed by atoms with E-state index in [1.807, 2.05) is 96.9 Å². The Kier molecular flexibility index (Phi) is 30.1. The molecule has 4 fully saturated rings. The first-order valence-electron chi connectivity index (χ1n) is 48.5. The first-order chi connectivity index (χ1) is 67.3. The van der Waals surface area contributed by atoms with Crippen LogP contribution in [0, 0.1) is 6.92 Å². The van der Waals surface area contributed by atoms with Gasteiger partial charge < -0.3 is 29.3 Å². The fraction of sp³-hybridized carbons (Fsp3) is 0.292. The molecular formula is C113H119N17O5S2. The maximum atomic E-state index is 11.8. The van der Waals surface area contributed by atoms with Crippen LogP contribution in [0.25, 0.3) is 88.1 Å². The zero-order chi connectivity index (χ0) is 93.1. The molecule has 9 aromatic carbocycles. The number of aryl methyl sites for hydroxylation is 3. The van der Waals surface area contributed by atoms with E-state index in [-0.39, 0.29) is 0 Å². The molecule has 0 aliphatic carbocycles. The highest BCUT2D eigenvalue weighted by molar-refractivity contribution is 7.90. The standard InChI is InChI=1S/C31H30N4O.C28H29N5S.C27H30N4O2S.C27H30N4O2/c1-2-7-25(8-3-1)26-13-15-27(16-14-26)29-9-6-10-31-32-30(33-35(29)31)23-24-11-17-28(18-12-24)36-22-21-34-19-4-5-20-34;1-20-9-14-25-22(18-20)19-26(34-25)24-7-4-8-27-30-28(31-33(24)27)29-23-12-10-21(11-13-23)6-5-17-32-15-2-3-16-32;1-34(32,33)24-15-13-23(14-16-24)25-7-4-8-27-28-26(29-31(25)27)20-22-11-9-21(10-12-22)6-5-19-30-17-2-3-18-30;1-32-20-22-7-11-23(12-8-22)25-5-4-6-27-28-26(29-31(25)27)19-21-9-13-24(14-10-21)33-18-17-30-15-2-3-16-30/h1-3,6-18H,4-5,19-23H2;4,7-14,18-19H,2-3,5-6,15-17H2,1H3,(H,29,31);4,7-16H,2-3,5-6,17-20H2,1H3;4-14H,2-3,15-20H2,1H3. The number of thiophene rings is 1. The molecule has 0 atom stereocenters. The lowest BCUT2D eigenvalue weighted by Crippen LogP contribution is -2.25. The number of aromatic nitrogens is 12. The van der Waals surface area contributed by atoms with E-state index >= 15 is 0 Å². The molecule has 0 unspecified atom stereocenters. The molecule has 9 aromatic heterocycles. The van der Waals surface area contributed by atoms with Crippen molar-refractivity contribution in [2.45, 2.75) is 115 Å². The molecule has 4 aliphatic rings. The van der Waals surface area contributed by atoms with E-state index in [0.717, 1.165) is 141 Å². The Morgan fingerprint density at radius 1 is 0.358 bits per heavy atom. The van der Waals surface area contributed by atoms with E-state index in [1.165, 1.54) is 195 Å². The zero-order valence-corrected chi connectivity index (χ0v) is 80.1. The maximum absolute atomic E-state index is 11.8. The highest BCUT2D eigenvalue weighted by Gasteiger charge is 2.21. The van der Waals surface area contributed by atoms with Gasteiger partial charge in [0.15, 0.2) is 49.9 Å². The average Bonchev–Trinajstić information content (AvgIpc) is 1.66. The SMILES string of the molecule is COCc1ccc(-c2cccc3nc(Cc4ccc(OCCN5CCCC5)cc4)nn23)cc1.CS(=O)(=O)c1ccc(-c2cccc3nc(Cc4ccc(CCCN5CCCC5)cc4)nn23)cc1.Cc1ccc2sc(-c3cccc4nc(Nc5ccc(CCCN6CCCC6)cc5)nn34)cc2c1.c1ccc(-c2ccc(-c3cccc4nc(Cc5ccc(OCCN6CCCC6)cc5)nn34)cc2)cc1. The normalized spacial score (nSPS) is 14.3. The summed E-state index contributed by atoms with van der Waals surface area (Å²) in [4.78, 5) is 30.6. The zero-order valence-electron chi connectivity index (χ0n) is 78.5. The third-order valence-electron chi connectivity index (χ3n) is 26.1. The fourth-order valence-corrected chi connectivity index (χ4v) is 20.4. The minimum atomic E-state index is -3.22. The van der Waals surface area contributed by atoms with Crippen LogP contribution in [0.5, 0.6) is 11.5 Å². The summed E-state index contributed by atoms with van der Waals surface area (Å²) in [7, 11) is -1.51. The largest absolute Gasteiger partial charge is 0.492 e. The summed E-state index contributed by atoms with van der Waals surface area (Å²) in [6, 6.07) is 102. The third kappa shape index (κ3) is 24.3. The molecule has 0 bridgehead atoms. The molecule has 4 saturated heterocycles. The van der Waals surface area contributed by atoms with Crippen molar-refractivity contribution >= 4 is 65.5 Å². The number of anilines is 2. The fourth-order valence-electron chi connectivity index (χ4n) is 18.7. The van der Waals surface area contributed by atoms with Crippen LogP contribution in [-0.2, 0) is 53.3 Å². The Balaban J connectivity index is 0.000000117. The van der Waals surface area contributed by atoms with E-state index in [0.29, 0.717) is 36.7 Å². The molecule has 0 radical (unpaired) electrons. The Morgan fingerprint density at radius 2 is 0.737 bits per heavy atom. The number of sulfone groups is 1. The van der Waals surface area contributed by atoms with E-state index in [4.69, 9.17) is 54.5 Å². The molecule has 1 N–H and O–H groups in total. The van der Waals surface area contributed by atoms with E-state index in [1.54, 1.807) is 30.6 Å². The Morgan fingerprint density at radius 3 is 1.19 bits per heavy atom. The summed E-state index contributed by atoms with van der Waals surface area (Å²) in [6.45, 7) is 18.5. The number of ether oxygens (including phenoxy) is 3. The molecule has 137 heavy (non-hydrogen) atoms. The van der Waals surface area contributed by atoms with Gasteiger partial charge in [0.2, 0.25) is 5.95 Å². The predicted octanol–water partition coefficient (Wildman–Crippen LogP) is 21.8. The lowest BCUT2D eigenvalue weighted by Gasteiger charge is -2.14. The second-order valence-corrected chi connectivity index (χ2v) is 39.4. The monoisotopic (exact) mass is 1860 g/mol. The predicted molar refractivity (Wildman–Crippen MR) is 551 cm³/mol. The summed E-state index contributed by atoms with van der Waals surface area (Å²) in [5.74, 6) is 4.84. The number of hydrogen-bond donors (Lipinski definition) is 1. The molecule has 24 heteroatoms. The van der Waals surface area contributed by atoms with Gasteiger partial charge in [0, 0.05) is 72.8 Å². The molecular weight excluding hydrogens is 1740 g/mol. The average molecular weight is 1860 g/mol. The van der Waals surface area contributed by atoms with Crippen LogP contribution in [0.4, 0.5) is 11.6 Å². The van der Waals surface area contributed by atoms with Crippen LogP contribution >= 0.6 is 11.3 Å². The number of benzene rings is 9. The molecule has 18 aromatic rings. The summed E-state index contributed by atoms with van der Waals surface area (Å²) in [6.07, 6.45) is 18.6. The van der Waals surface area contributed by atoms with E-state index in [9.17, 15) is 8.42 Å². The second kappa shape index (κ2) is 44.6. The van der Waals surface area contributed by atoms with Gasteiger partial charge in [0.05, 0.1) is 39.2 Å². The van der Waals surface area contributed by atoms with Crippen molar-refractivity contribution in [3.63, 3.8) is 0 Å². The van der Waals surface area contributed by atoms with Gasteiger partial charge in [-0.05, 0) is 309 Å². The Labute approximate surface area is 806 Å². The van der Waals surface area contributed by atoms with Crippen molar-refractivity contribution in [2.24, 2.45) is 0 Å². The number of likely N-dealkylation sites (tertiary alicyclic amines) is 4. The van der Waals surface area contributed by atoms with Gasteiger partial charge >= 0.3 is 0 Å². The van der Waals surface area contributed by atoms with Crippen molar-refractivity contribution in [1.82, 2.24) is 78.0 Å². The number of hydrogen-bond acceptors (Lipinski definition) is 19. The van der Waals surface area contributed by atoms with Gasteiger partial charge in [-0.2, -0.15) is 20.3 Å². The molecule has 0 saturated carbocycles. The topological polar surface area (TPSA) is 208 Å². The summed E-state index contributed by atoms with van der Waals surface area (Å²) < 4.78 is 49.5. The van der Waals surface area contributed by atoms with Gasteiger partial charge in [-0.1, -0.05) is 194 Å². The van der Waals surface area contributed by atoms with Gasteiger partial charge in [0.1, 0.15) is 24.7 Å². The van der Waals surface area contributed by atoms with Gasteiger partial charge in [0.25, 0.3) is 0 Å². The first kappa shape index (κ1) is 92.6. The van der Waals surface area contributed by atoms with Crippen molar-refractivity contribution < 1.29 is 22.6 Å². The van der Waals surface area contributed by atoms with Gasteiger partial charge in [-0.15, -0.1) is 16.4 Å². The van der Waals surface area contributed by atoms with Crippen molar-refractivity contribution in [3.05, 3.63) is 354 Å². The number of nitrogens with one attached hydrogen (secondary N) is 1. The van der Waals surface area contributed by atoms with Crippen LogP contribution < -0.4 is 14.8 Å². The highest BCUT2D eigenvalue weighted by atomic mass is 32.2. The Hall–Kier alpha value is -13.4. The van der Waals surface area contributed by atoms with E-state index < -0.39 is 9.84 Å². The Bertz CT molecular complexity index is 7110. The molecule has 0 spiro atoms. The number of rotatable bonds is 32. The lowest BCUT2D eigenvalue weighted by molar-refractivity contribution is 0.185. The minimum Gasteiger partial charge on any atom is -0.492 e. The van der Waals surface area contributed by atoms with Crippen LogP contribution in [0.3, 0.4) is 0 Å². The molecule has 0 amide bonds. The van der Waals surface area contributed by atoms with Gasteiger partial charge in [-0.3, -0.25) is 9.80 Å². The molecule has 22 rings (SSSR count). The van der Waals surface area contributed by atoms with Crippen molar-refractivity contribution in [3.8, 4) is 67.0 Å². The summed E-state index contributed by atoms with van der Waals surface area (Å²) in [5, 5.41) is 23.9. The van der Waals surface area contributed by atoms with Crippen LogP contribution in [0.1, 0.15) is 121 Å². The number of nitrogens with zero attached hydrogens (tertiary/aromatic N) is 16. The molecule has 4 aliphatic heterocycles. The first-order valence-corrected chi connectivity index (χ1v) is 51.2. The summed E-state index contributed by atoms with van der Waals surface area (Å²) in [5.41, 5.74) is 22.6. The molecule has 22 nitrogen and oxygen atoms in total. The summed E-state index contributed by atoms with van der Waals surface area (Å²) >= 11 is 1.79. The number of methoxy groups -OCH3 is 1. The molecule has 13 heterocycles. The highest BCUT2D eigenvalue weighted by Crippen LogP contribution is 2.36.